The lowest BCUT2D eigenvalue weighted by molar-refractivity contribution is 0.0120. The van der Waals surface area contributed by atoms with Crippen molar-refractivity contribution in [3.8, 4) is 11.5 Å². The van der Waals surface area contributed by atoms with Crippen LogP contribution in [0.2, 0.25) is 0 Å². The van der Waals surface area contributed by atoms with Crippen LogP contribution in [-0.2, 0) is 12.0 Å². The number of aliphatic hydroxyl groups excluding tert-OH is 1. The van der Waals surface area contributed by atoms with Gasteiger partial charge in [0.15, 0.2) is 11.5 Å². The summed E-state index contributed by atoms with van der Waals surface area (Å²) in [5.41, 5.74) is 2.80. The first-order valence-corrected chi connectivity index (χ1v) is 7.87. The first kappa shape index (κ1) is 13.4. The van der Waals surface area contributed by atoms with Gasteiger partial charge in [0.05, 0.1) is 13.2 Å². The SMILES string of the molecule is COc1ccc2c3c1O[C@H]1C[C@@H](O)CC[C@@]31CCN(C)C2. The molecule has 0 aromatic heterocycles. The van der Waals surface area contributed by atoms with Gasteiger partial charge in [-0.3, -0.25) is 0 Å². The Labute approximate surface area is 125 Å². The minimum atomic E-state index is -0.231. The van der Waals surface area contributed by atoms with E-state index < -0.39 is 0 Å². The van der Waals surface area contributed by atoms with Gasteiger partial charge in [0, 0.05) is 23.9 Å². The maximum Gasteiger partial charge on any atom is 0.165 e. The molecule has 21 heavy (non-hydrogen) atoms. The van der Waals surface area contributed by atoms with Crippen molar-refractivity contribution in [1.29, 1.82) is 0 Å². The van der Waals surface area contributed by atoms with Gasteiger partial charge in [-0.15, -0.1) is 0 Å². The van der Waals surface area contributed by atoms with Crippen LogP contribution < -0.4 is 9.47 Å². The summed E-state index contributed by atoms with van der Waals surface area (Å²) in [7, 11) is 3.88. The van der Waals surface area contributed by atoms with E-state index in [0.29, 0.717) is 0 Å². The smallest absolute Gasteiger partial charge is 0.165 e. The minimum absolute atomic E-state index is 0.0726. The average Bonchev–Trinajstić information content (AvgIpc) is 2.72. The van der Waals surface area contributed by atoms with Crippen LogP contribution in [0.3, 0.4) is 0 Å². The third-order valence-electron chi connectivity index (χ3n) is 5.59. The Morgan fingerprint density at radius 2 is 2.24 bits per heavy atom. The summed E-state index contributed by atoms with van der Waals surface area (Å²) in [4.78, 5) is 2.39. The highest BCUT2D eigenvalue weighted by atomic mass is 16.5. The van der Waals surface area contributed by atoms with Gasteiger partial charge in [0.2, 0.25) is 0 Å². The molecule has 2 aliphatic heterocycles. The zero-order valence-electron chi connectivity index (χ0n) is 12.8. The maximum atomic E-state index is 10.1. The van der Waals surface area contributed by atoms with E-state index in [1.165, 1.54) is 11.1 Å². The topological polar surface area (TPSA) is 41.9 Å². The lowest BCUT2D eigenvalue weighted by Gasteiger charge is -2.40. The van der Waals surface area contributed by atoms with E-state index >= 15 is 0 Å². The van der Waals surface area contributed by atoms with Crippen molar-refractivity contribution in [3.05, 3.63) is 23.3 Å². The molecule has 1 spiro atoms. The molecule has 0 amide bonds. The van der Waals surface area contributed by atoms with Gasteiger partial charge in [-0.05, 0) is 44.5 Å². The monoisotopic (exact) mass is 289 g/mol. The van der Waals surface area contributed by atoms with Crippen molar-refractivity contribution in [2.75, 3.05) is 20.7 Å². The molecule has 0 unspecified atom stereocenters. The lowest BCUT2D eigenvalue weighted by Crippen LogP contribution is -2.45. The molecule has 114 valence electrons. The molecule has 3 atom stereocenters. The van der Waals surface area contributed by atoms with Crippen molar-refractivity contribution < 1.29 is 14.6 Å². The molecule has 2 heterocycles. The fourth-order valence-electron chi connectivity index (χ4n) is 4.50. The van der Waals surface area contributed by atoms with E-state index in [2.05, 4.69) is 18.0 Å². The summed E-state index contributed by atoms with van der Waals surface area (Å²) in [6, 6.07) is 4.22. The molecule has 4 rings (SSSR count). The number of methoxy groups -OCH3 is 1. The van der Waals surface area contributed by atoms with Crippen molar-refractivity contribution >= 4 is 0 Å². The van der Waals surface area contributed by atoms with Crippen LogP contribution in [0, 0.1) is 0 Å². The number of hydrogen-bond donors (Lipinski definition) is 1. The van der Waals surface area contributed by atoms with Crippen LogP contribution in [0.25, 0.3) is 0 Å². The summed E-state index contributed by atoms with van der Waals surface area (Å²) in [6.07, 6.45) is 3.59. The van der Waals surface area contributed by atoms with Crippen LogP contribution in [0.5, 0.6) is 11.5 Å². The predicted molar refractivity (Wildman–Crippen MR) is 79.9 cm³/mol. The van der Waals surface area contributed by atoms with Gasteiger partial charge in [-0.1, -0.05) is 6.07 Å². The second-order valence-corrected chi connectivity index (χ2v) is 6.81. The van der Waals surface area contributed by atoms with Crippen LogP contribution >= 0.6 is 0 Å². The predicted octanol–water partition coefficient (Wildman–Crippen LogP) is 2.07. The van der Waals surface area contributed by atoms with Crippen molar-refractivity contribution in [3.63, 3.8) is 0 Å². The molecule has 4 heteroatoms. The lowest BCUT2D eigenvalue weighted by atomic mass is 9.65. The van der Waals surface area contributed by atoms with Gasteiger partial charge >= 0.3 is 0 Å². The Kier molecular flexibility index (Phi) is 2.95. The van der Waals surface area contributed by atoms with Gasteiger partial charge in [0.25, 0.3) is 0 Å². The van der Waals surface area contributed by atoms with Crippen LogP contribution in [0.4, 0.5) is 0 Å². The molecule has 0 saturated heterocycles. The average molecular weight is 289 g/mol. The molecular weight excluding hydrogens is 266 g/mol. The van der Waals surface area contributed by atoms with Crippen molar-refractivity contribution in [2.24, 2.45) is 0 Å². The third kappa shape index (κ3) is 1.82. The number of rotatable bonds is 1. The normalized spacial score (nSPS) is 34.6. The molecule has 1 aromatic carbocycles. The van der Waals surface area contributed by atoms with Crippen LogP contribution in [0.1, 0.15) is 36.8 Å². The van der Waals surface area contributed by atoms with Gasteiger partial charge in [-0.25, -0.2) is 0 Å². The Hall–Kier alpha value is -1.26. The summed E-state index contributed by atoms with van der Waals surface area (Å²) in [6.45, 7) is 2.04. The minimum Gasteiger partial charge on any atom is -0.493 e. The number of nitrogens with zero attached hydrogens (tertiary/aromatic N) is 1. The van der Waals surface area contributed by atoms with E-state index in [4.69, 9.17) is 9.47 Å². The Morgan fingerprint density at radius 3 is 3.05 bits per heavy atom. The maximum absolute atomic E-state index is 10.1. The second kappa shape index (κ2) is 4.62. The zero-order chi connectivity index (χ0) is 14.6. The fraction of sp³-hybridized carbons (Fsp3) is 0.647. The Bertz CT molecular complexity index is 573. The Balaban J connectivity index is 1.90. The molecule has 1 aromatic rings. The number of ether oxygens (including phenoxy) is 2. The molecule has 1 saturated carbocycles. The third-order valence-corrected chi connectivity index (χ3v) is 5.59. The Morgan fingerprint density at radius 1 is 1.38 bits per heavy atom. The highest BCUT2D eigenvalue weighted by Crippen LogP contribution is 2.57. The van der Waals surface area contributed by atoms with E-state index in [1.54, 1.807) is 7.11 Å². The molecule has 1 aliphatic carbocycles. The van der Waals surface area contributed by atoms with Gasteiger partial charge < -0.3 is 19.5 Å². The van der Waals surface area contributed by atoms with Crippen molar-refractivity contribution in [2.45, 2.75) is 49.9 Å². The van der Waals surface area contributed by atoms with E-state index in [9.17, 15) is 5.11 Å². The van der Waals surface area contributed by atoms with E-state index in [-0.39, 0.29) is 17.6 Å². The number of aliphatic hydroxyl groups is 1. The molecule has 0 radical (unpaired) electrons. The molecule has 1 N–H and O–H groups in total. The quantitative estimate of drug-likeness (QED) is 0.859. The fourth-order valence-corrected chi connectivity index (χ4v) is 4.50. The first-order valence-electron chi connectivity index (χ1n) is 7.87. The van der Waals surface area contributed by atoms with Crippen molar-refractivity contribution in [1.82, 2.24) is 4.90 Å². The molecular formula is C17H23NO3. The molecule has 1 fully saturated rings. The molecule has 3 aliphatic rings. The highest BCUT2D eigenvalue weighted by molar-refractivity contribution is 5.58. The summed E-state index contributed by atoms with van der Waals surface area (Å²) >= 11 is 0. The second-order valence-electron chi connectivity index (χ2n) is 6.81. The van der Waals surface area contributed by atoms with Crippen LogP contribution in [0.15, 0.2) is 12.1 Å². The summed E-state index contributed by atoms with van der Waals surface area (Å²) in [5.74, 6) is 1.77. The molecule has 0 bridgehead atoms. The highest BCUT2D eigenvalue weighted by Gasteiger charge is 2.54. The molecule has 4 nitrogen and oxygen atoms in total. The van der Waals surface area contributed by atoms with Gasteiger partial charge in [-0.2, -0.15) is 0 Å². The standard InChI is InChI=1S/C17H23NO3/c1-18-8-7-17-6-5-12(19)9-14(17)21-16-13(20-2)4-3-11(10-18)15(16)17/h3-4,12,14,19H,5-10H2,1-2H3/t12-,14-,17-/m0/s1. The van der Waals surface area contributed by atoms with E-state index in [1.807, 2.05) is 6.07 Å². The van der Waals surface area contributed by atoms with Gasteiger partial charge in [0.1, 0.15) is 6.10 Å². The largest absolute Gasteiger partial charge is 0.493 e. The zero-order valence-corrected chi connectivity index (χ0v) is 12.8. The summed E-state index contributed by atoms with van der Waals surface area (Å²) in [5, 5.41) is 10.1. The number of benzene rings is 1. The van der Waals surface area contributed by atoms with E-state index in [0.717, 1.165) is 50.3 Å². The van der Waals surface area contributed by atoms with Crippen LogP contribution in [-0.4, -0.2) is 42.9 Å². The first-order chi connectivity index (χ1) is 10.1. The number of hydrogen-bond acceptors (Lipinski definition) is 4. The summed E-state index contributed by atoms with van der Waals surface area (Å²) < 4.78 is 11.8.